The molecule has 0 amide bonds. The van der Waals surface area contributed by atoms with Crippen molar-refractivity contribution in [3.63, 3.8) is 0 Å². The van der Waals surface area contributed by atoms with Gasteiger partial charge in [0.1, 0.15) is 4.99 Å². The van der Waals surface area contributed by atoms with Gasteiger partial charge < -0.3 is 15.5 Å². The van der Waals surface area contributed by atoms with Gasteiger partial charge >= 0.3 is 0 Å². The van der Waals surface area contributed by atoms with Crippen LogP contribution in [-0.2, 0) is 0 Å². The van der Waals surface area contributed by atoms with Gasteiger partial charge in [-0.15, -0.1) is 0 Å². The minimum absolute atomic E-state index is 0.340. The van der Waals surface area contributed by atoms with Gasteiger partial charge in [0.25, 0.3) is 0 Å². The molecule has 0 unspecified atom stereocenters. The first-order valence-electron chi connectivity index (χ1n) is 5.62. The Balaban J connectivity index is 2.51. The summed E-state index contributed by atoms with van der Waals surface area (Å²) < 4.78 is 0. The van der Waals surface area contributed by atoms with Crippen LogP contribution in [0.1, 0.15) is 12.1 Å². The third-order valence-corrected chi connectivity index (χ3v) is 2.75. The lowest BCUT2D eigenvalue weighted by molar-refractivity contribution is 0.401. The van der Waals surface area contributed by atoms with Crippen LogP contribution in [0.2, 0.25) is 0 Å². The third kappa shape index (κ3) is 4.66. The second-order valence-electron chi connectivity index (χ2n) is 4.34. The molecule has 5 heteroatoms. The van der Waals surface area contributed by atoms with Crippen molar-refractivity contribution in [3.8, 4) is 0 Å². The van der Waals surface area contributed by atoms with Crippen LogP contribution in [0.5, 0.6) is 0 Å². The van der Waals surface area contributed by atoms with Gasteiger partial charge in [0.05, 0.1) is 17.6 Å². The zero-order chi connectivity index (χ0) is 12.8. The van der Waals surface area contributed by atoms with Gasteiger partial charge in [0.2, 0.25) is 0 Å². The number of hydrogen-bond donors (Lipinski definition) is 1. The molecule has 0 fully saturated rings. The van der Waals surface area contributed by atoms with Gasteiger partial charge in [0.15, 0.2) is 0 Å². The van der Waals surface area contributed by atoms with Crippen molar-refractivity contribution in [2.75, 3.05) is 39.1 Å². The lowest BCUT2D eigenvalue weighted by atomic mass is 10.3. The van der Waals surface area contributed by atoms with Gasteiger partial charge in [-0.2, -0.15) is 0 Å². The molecule has 0 atom stereocenters. The van der Waals surface area contributed by atoms with E-state index in [1.54, 1.807) is 0 Å². The summed E-state index contributed by atoms with van der Waals surface area (Å²) in [6, 6.07) is 3.86. The number of thiocarbonyl (C=S) groups is 1. The molecule has 1 aromatic rings. The average Bonchev–Trinajstić information content (AvgIpc) is 2.28. The van der Waals surface area contributed by atoms with Gasteiger partial charge in [-0.3, -0.25) is 4.98 Å². The molecule has 0 aliphatic carbocycles. The molecule has 1 rings (SSSR count). The fourth-order valence-electron chi connectivity index (χ4n) is 1.51. The molecular formula is C12H20N4S. The minimum Gasteiger partial charge on any atom is -0.388 e. The Morgan fingerprint density at radius 2 is 2.00 bits per heavy atom. The predicted octanol–water partition coefficient (Wildman–Crippen LogP) is 1.10. The summed E-state index contributed by atoms with van der Waals surface area (Å²) in [4.78, 5) is 8.93. The van der Waals surface area contributed by atoms with Crippen LogP contribution >= 0.6 is 12.2 Å². The van der Waals surface area contributed by atoms with Crippen molar-refractivity contribution >= 4 is 22.9 Å². The fraction of sp³-hybridized carbons (Fsp3) is 0.500. The molecule has 0 aliphatic heterocycles. The van der Waals surface area contributed by atoms with E-state index in [9.17, 15) is 0 Å². The molecule has 0 saturated carbocycles. The largest absolute Gasteiger partial charge is 0.388 e. The van der Waals surface area contributed by atoms with Crippen molar-refractivity contribution in [1.82, 2.24) is 9.88 Å². The maximum atomic E-state index is 5.50. The highest BCUT2D eigenvalue weighted by Gasteiger charge is 2.03. The second-order valence-corrected chi connectivity index (χ2v) is 4.78. The van der Waals surface area contributed by atoms with E-state index >= 15 is 0 Å². The molecule has 0 aliphatic rings. The standard InChI is InChI=1S/C12H20N4S/c1-15(2)7-4-8-16(3)10-5-6-11(12(13)17)14-9-10/h5-6,9H,4,7-8H2,1-3H3,(H2,13,17). The lowest BCUT2D eigenvalue weighted by Crippen LogP contribution is -2.23. The summed E-state index contributed by atoms with van der Waals surface area (Å²) in [6.45, 7) is 2.09. The summed E-state index contributed by atoms with van der Waals surface area (Å²) in [5.41, 5.74) is 7.26. The van der Waals surface area contributed by atoms with E-state index in [2.05, 4.69) is 35.9 Å². The molecule has 0 aromatic carbocycles. The number of rotatable bonds is 6. The highest BCUT2D eigenvalue weighted by Crippen LogP contribution is 2.11. The molecule has 0 radical (unpaired) electrons. The first-order valence-corrected chi connectivity index (χ1v) is 6.03. The molecule has 17 heavy (non-hydrogen) atoms. The van der Waals surface area contributed by atoms with Crippen LogP contribution in [0.3, 0.4) is 0 Å². The Hall–Kier alpha value is -1.20. The van der Waals surface area contributed by atoms with Gasteiger partial charge in [0, 0.05) is 13.6 Å². The van der Waals surface area contributed by atoms with Gasteiger partial charge in [-0.05, 0) is 39.2 Å². The molecule has 1 aromatic heterocycles. The van der Waals surface area contributed by atoms with E-state index < -0.39 is 0 Å². The van der Waals surface area contributed by atoms with E-state index in [1.165, 1.54) is 0 Å². The van der Waals surface area contributed by atoms with Crippen molar-refractivity contribution in [2.24, 2.45) is 5.73 Å². The predicted molar refractivity (Wildman–Crippen MR) is 76.6 cm³/mol. The summed E-state index contributed by atoms with van der Waals surface area (Å²) in [7, 11) is 6.23. The van der Waals surface area contributed by atoms with Crippen LogP contribution in [0.15, 0.2) is 18.3 Å². The first kappa shape index (κ1) is 13.9. The lowest BCUT2D eigenvalue weighted by Gasteiger charge is -2.20. The van der Waals surface area contributed by atoms with Crippen molar-refractivity contribution < 1.29 is 0 Å². The molecule has 0 spiro atoms. The minimum atomic E-state index is 0.340. The number of aromatic nitrogens is 1. The Morgan fingerprint density at radius 3 is 2.47 bits per heavy atom. The third-order valence-electron chi connectivity index (χ3n) is 2.54. The monoisotopic (exact) mass is 252 g/mol. The van der Waals surface area contributed by atoms with E-state index in [0.29, 0.717) is 10.7 Å². The SMILES string of the molecule is CN(C)CCCN(C)c1ccc(C(N)=S)nc1. The fourth-order valence-corrected chi connectivity index (χ4v) is 1.63. The molecule has 0 bridgehead atoms. The highest BCUT2D eigenvalue weighted by atomic mass is 32.1. The molecule has 2 N–H and O–H groups in total. The summed E-state index contributed by atoms with van der Waals surface area (Å²) in [5, 5.41) is 0. The van der Waals surface area contributed by atoms with E-state index in [-0.39, 0.29) is 0 Å². The summed E-state index contributed by atoms with van der Waals surface area (Å²) in [5.74, 6) is 0. The van der Waals surface area contributed by atoms with Crippen LogP contribution in [0.4, 0.5) is 5.69 Å². The van der Waals surface area contributed by atoms with Crippen LogP contribution in [0, 0.1) is 0 Å². The maximum Gasteiger partial charge on any atom is 0.122 e. The molecule has 94 valence electrons. The first-order chi connectivity index (χ1) is 8.00. The van der Waals surface area contributed by atoms with Crippen molar-refractivity contribution in [2.45, 2.75) is 6.42 Å². The number of pyridine rings is 1. The molecule has 1 heterocycles. The molecular weight excluding hydrogens is 232 g/mol. The van der Waals surface area contributed by atoms with E-state index in [1.807, 2.05) is 18.3 Å². The Morgan fingerprint density at radius 1 is 1.29 bits per heavy atom. The Bertz CT molecular complexity index is 361. The normalized spacial score (nSPS) is 10.6. The zero-order valence-corrected chi connectivity index (χ0v) is 11.5. The Kier molecular flexibility index (Phi) is 5.31. The van der Waals surface area contributed by atoms with Gasteiger partial charge in [-0.1, -0.05) is 12.2 Å². The highest BCUT2D eigenvalue weighted by molar-refractivity contribution is 7.80. The number of hydrogen-bond acceptors (Lipinski definition) is 4. The Labute approximate surface area is 108 Å². The topological polar surface area (TPSA) is 45.4 Å². The van der Waals surface area contributed by atoms with Crippen molar-refractivity contribution in [3.05, 3.63) is 24.0 Å². The van der Waals surface area contributed by atoms with Crippen LogP contribution in [0.25, 0.3) is 0 Å². The van der Waals surface area contributed by atoms with Crippen LogP contribution in [-0.4, -0.2) is 49.1 Å². The van der Waals surface area contributed by atoms with E-state index in [0.717, 1.165) is 25.2 Å². The summed E-state index contributed by atoms with van der Waals surface area (Å²) >= 11 is 4.87. The van der Waals surface area contributed by atoms with Gasteiger partial charge in [-0.25, -0.2) is 0 Å². The van der Waals surface area contributed by atoms with E-state index in [4.69, 9.17) is 18.0 Å². The molecule has 0 saturated heterocycles. The maximum absolute atomic E-state index is 5.50. The zero-order valence-electron chi connectivity index (χ0n) is 10.7. The average molecular weight is 252 g/mol. The summed E-state index contributed by atoms with van der Waals surface area (Å²) in [6.07, 6.45) is 2.94. The number of nitrogens with two attached hydrogens (primary N) is 1. The molecule has 4 nitrogen and oxygen atoms in total. The quantitative estimate of drug-likeness (QED) is 0.768. The number of anilines is 1. The van der Waals surface area contributed by atoms with Crippen LogP contribution < -0.4 is 10.6 Å². The second kappa shape index (κ2) is 6.51. The number of nitrogens with zero attached hydrogens (tertiary/aromatic N) is 3. The smallest absolute Gasteiger partial charge is 0.122 e. The van der Waals surface area contributed by atoms with Crippen molar-refractivity contribution in [1.29, 1.82) is 0 Å².